The maximum atomic E-state index is 11.2. The normalized spacial score (nSPS) is 13.4. The van der Waals surface area contributed by atoms with Crippen LogP contribution < -0.4 is 11.1 Å². The quantitative estimate of drug-likeness (QED) is 0.820. The van der Waals surface area contributed by atoms with E-state index in [-0.39, 0.29) is 11.9 Å². The lowest BCUT2D eigenvalue weighted by atomic mass is 9.92. The first kappa shape index (κ1) is 13.7. The van der Waals surface area contributed by atoms with Gasteiger partial charge in [-0.05, 0) is 33.3 Å². The second-order valence-electron chi connectivity index (χ2n) is 5.26. The van der Waals surface area contributed by atoms with Gasteiger partial charge in [-0.1, -0.05) is 29.8 Å². The molecule has 1 amide bonds. The molecule has 0 heterocycles. The van der Waals surface area contributed by atoms with Gasteiger partial charge in [0.2, 0.25) is 5.91 Å². The minimum Gasteiger partial charge on any atom is -0.369 e. The molecule has 3 heteroatoms. The molecule has 0 radical (unpaired) electrons. The first-order valence-electron chi connectivity index (χ1n) is 5.93. The summed E-state index contributed by atoms with van der Waals surface area (Å²) in [5, 5.41) is 3.35. The van der Waals surface area contributed by atoms with Gasteiger partial charge in [-0.2, -0.15) is 0 Å². The second kappa shape index (κ2) is 5.32. The Morgan fingerprint density at radius 1 is 1.47 bits per heavy atom. The van der Waals surface area contributed by atoms with Crippen LogP contribution in [-0.4, -0.2) is 12.5 Å². The molecule has 0 spiro atoms. The molecule has 1 atom stereocenters. The zero-order valence-electron chi connectivity index (χ0n) is 11.1. The maximum absolute atomic E-state index is 11.2. The van der Waals surface area contributed by atoms with Crippen molar-refractivity contribution in [1.29, 1.82) is 0 Å². The lowest BCUT2D eigenvalue weighted by molar-refractivity contribution is -0.125. The van der Waals surface area contributed by atoms with Crippen LogP contribution in [0.3, 0.4) is 0 Å². The Balaban J connectivity index is 2.62. The minimum atomic E-state index is -0.516. The topological polar surface area (TPSA) is 55.1 Å². The van der Waals surface area contributed by atoms with Crippen molar-refractivity contribution in [2.75, 3.05) is 6.54 Å². The number of carbonyl (C=O) groups excluding carboxylic acids is 1. The predicted molar refractivity (Wildman–Crippen MR) is 70.6 cm³/mol. The van der Waals surface area contributed by atoms with Gasteiger partial charge in [0, 0.05) is 12.6 Å². The van der Waals surface area contributed by atoms with Crippen molar-refractivity contribution in [3.63, 3.8) is 0 Å². The summed E-state index contributed by atoms with van der Waals surface area (Å²) in [5.41, 5.74) is 7.29. The fourth-order valence-corrected chi connectivity index (χ4v) is 1.55. The van der Waals surface area contributed by atoms with Crippen molar-refractivity contribution in [3.05, 3.63) is 35.4 Å². The fraction of sp³-hybridized carbons (Fsp3) is 0.500. The zero-order chi connectivity index (χ0) is 13.1. The minimum absolute atomic E-state index is 0.216. The number of rotatable bonds is 5. The van der Waals surface area contributed by atoms with Gasteiger partial charge < -0.3 is 11.1 Å². The summed E-state index contributed by atoms with van der Waals surface area (Å²) in [6, 6.07) is 8.57. The molecule has 94 valence electrons. The third-order valence-electron chi connectivity index (χ3n) is 3.06. The van der Waals surface area contributed by atoms with Gasteiger partial charge in [0.1, 0.15) is 0 Å². The summed E-state index contributed by atoms with van der Waals surface area (Å²) < 4.78 is 0. The Labute approximate surface area is 103 Å². The van der Waals surface area contributed by atoms with Crippen LogP contribution in [-0.2, 0) is 4.79 Å². The molecule has 3 nitrogen and oxygen atoms in total. The van der Waals surface area contributed by atoms with E-state index >= 15 is 0 Å². The summed E-state index contributed by atoms with van der Waals surface area (Å²) in [7, 11) is 0. The van der Waals surface area contributed by atoms with E-state index in [1.54, 1.807) is 0 Å². The van der Waals surface area contributed by atoms with E-state index in [9.17, 15) is 4.79 Å². The molecule has 0 unspecified atom stereocenters. The van der Waals surface area contributed by atoms with Crippen LogP contribution in [0.1, 0.15) is 37.9 Å². The van der Waals surface area contributed by atoms with Crippen LogP contribution in [0.15, 0.2) is 24.3 Å². The highest BCUT2D eigenvalue weighted by molar-refractivity contribution is 5.80. The summed E-state index contributed by atoms with van der Waals surface area (Å²) in [5.74, 6) is -0.276. The molecule has 0 aliphatic rings. The molecule has 3 N–H and O–H groups in total. The number of carbonyl (C=O) groups is 1. The van der Waals surface area contributed by atoms with Crippen LogP contribution in [0.4, 0.5) is 0 Å². The number of nitrogens with one attached hydrogen (secondary N) is 1. The van der Waals surface area contributed by atoms with Crippen molar-refractivity contribution < 1.29 is 4.79 Å². The van der Waals surface area contributed by atoms with E-state index in [0.29, 0.717) is 6.54 Å². The van der Waals surface area contributed by atoms with Crippen molar-refractivity contribution >= 4 is 5.91 Å². The monoisotopic (exact) mass is 234 g/mol. The number of hydrogen-bond donors (Lipinski definition) is 2. The molecule has 17 heavy (non-hydrogen) atoms. The highest BCUT2D eigenvalue weighted by atomic mass is 16.1. The van der Waals surface area contributed by atoms with Gasteiger partial charge >= 0.3 is 0 Å². The molecule has 0 aliphatic heterocycles. The fourth-order valence-electron chi connectivity index (χ4n) is 1.55. The number of aryl methyl sites for hydroxylation is 1. The van der Waals surface area contributed by atoms with Crippen molar-refractivity contribution in [3.8, 4) is 0 Å². The summed E-state index contributed by atoms with van der Waals surface area (Å²) in [6.07, 6.45) is 0. The van der Waals surface area contributed by atoms with Crippen LogP contribution in [0, 0.1) is 12.3 Å². The van der Waals surface area contributed by atoms with Crippen LogP contribution >= 0.6 is 0 Å². The SMILES string of the molecule is Cc1cccc([C@H](C)NCC(C)(C)C(N)=O)c1. The largest absolute Gasteiger partial charge is 0.369 e. The molecular formula is C14H22N2O. The van der Waals surface area contributed by atoms with Gasteiger partial charge in [0.05, 0.1) is 5.41 Å². The van der Waals surface area contributed by atoms with E-state index in [1.165, 1.54) is 11.1 Å². The van der Waals surface area contributed by atoms with Crippen LogP contribution in [0.5, 0.6) is 0 Å². The third-order valence-corrected chi connectivity index (χ3v) is 3.06. The van der Waals surface area contributed by atoms with E-state index in [0.717, 1.165) is 0 Å². The van der Waals surface area contributed by atoms with Gasteiger partial charge in [0.15, 0.2) is 0 Å². The molecule has 0 aliphatic carbocycles. The Hall–Kier alpha value is -1.35. The summed E-state index contributed by atoms with van der Waals surface area (Å²) in [4.78, 5) is 11.2. The van der Waals surface area contributed by atoms with Gasteiger partial charge in [0.25, 0.3) is 0 Å². The smallest absolute Gasteiger partial charge is 0.224 e. The number of primary amides is 1. The molecular weight excluding hydrogens is 212 g/mol. The highest BCUT2D eigenvalue weighted by Gasteiger charge is 2.25. The third kappa shape index (κ3) is 3.86. The lowest BCUT2D eigenvalue weighted by Crippen LogP contribution is -2.41. The standard InChI is InChI=1S/C14H22N2O/c1-10-6-5-7-12(8-10)11(2)16-9-14(3,4)13(15)17/h5-8,11,16H,9H2,1-4H3,(H2,15,17)/t11-/m0/s1. The lowest BCUT2D eigenvalue weighted by Gasteiger charge is -2.24. The zero-order valence-corrected chi connectivity index (χ0v) is 11.1. The van der Waals surface area contributed by atoms with E-state index < -0.39 is 5.41 Å². The van der Waals surface area contributed by atoms with Gasteiger partial charge in [-0.25, -0.2) is 0 Å². The van der Waals surface area contributed by atoms with E-state index in [4.69, 9.17) is 5.73 Å². The molecule has 0 bridgehead atoms. The van der Waals surface area contributed by atoms with Crippen LogP contribution in [0.2, 0.25) is 0 Å². The second-order valence-corrected chi connectivity index (χ2v) is 5.26. The Morgan fingerprint density at radius 2 is 2.12 bits per heavy atom. The van der Waals surface area contributed by atoms with E-state index in [2.05, 4.69) is 37.4 Å². The molecule has 0 saturated carbocycles. The molecule has 1 aromatic rings. The van der Waals surface area contributed by atoms with Crippen molar-refractivity contribution in [1.82, 2.24) is 5.32 Å². The molecule has 0 aromatic heterocycles. The first-order chi connectivity index (χ1) is 7.83. The molecule has 0 fully saturated rings. The average molecular weight is 234 g/mol. The average Bonchev–Trinajstić information content (AvgIpc) is 2.25. The Morgan fingerprint density at radius 3 is 2.65 bits per heavy atom. The first-order valence-corrected chi connectivity index (χ1v) is 5.93. The van der Waals surface area contributed by atoms with Gasteiger partial charge in [-0.3, -0.25) is 4.79 Å². The Bertz CT molecular complexity index is 399. The molecule has 1 rings (SSSR count). The van der Waals surface area contributed by atoms with Crippen molar-refractivity contribution in [2.24, 2.45) is 11.1 Å². The number of hydrogen-bond acceptors (Lipinski definition) is 2. The predicted octanol–water partition coefficient (Wildman–Crippen LogP) is 2.16. The maximum Gasteiger partial charge on any atom is 0.224 e. The molecule has 1 aromatic carbocycles. The number of benzene rings is 1. The number of amides is 1. The Kier molecular flexibility index (Phi) is 4.29. The summed E-state index contributed by atoms with van der Waals surface area (Å²) in [6.45, 7) is 8.45. The van der Waals surface area contributed by atoms with Crippen LogP contribution in [0.25, 0.3) is 0 Å². The molecule has 0 saturated heterocycles. The van der Waals surface area contributed by atoms with Crippen molar-refractivity contribution in [2.45, 2.75) is 33.7 Å². The number of nitrogens with two attached hydrogens (primary N) is 1. The highest BCUT2D eigenvalue weighted by Crippen LogP contribution is 2.17. The van der Waals surface area contributed by atoms with E-state index in [1.807, 2.05) is 19.9 Å². The van der Waals surface area contributed by atoms with Gasteiger partial charge in [-0.15, -0.1) is 0 Å². The summed E-state index contributed by atoms with van der Waals surface area (Å²) >= 11 is 0.